The van der Waals surface area contributed by atoms with Crippen LogP contribution in [0.25, 0.3) is 6.08 Å². The van der Waals surface area contributed by atoms with Crippen LogP contribution < -0.4 is 15.0 Å². The zero-order chi connectivity index (χ0) is 26.0. The molecule has 0 radical (unpaired) electrons. The van der Waals surface area contributed by atoms with Crippen LogP contribution in [-0.4, -0.2) is 28.9 Å². The molecule has 0 aromatic heterocycles. The van der Waals surface area contributed by atoms with Crippen LogP contribution in [-0.2, 0) is 16.2 Å². The van der Waals surface area contributed by atoms with Crippen molar-refractivity contribution in [1.82, 2.24) is 5.32 Å². The summed E-state index contributed by atoms with van der Waals surface area (Å²) in [5.41, 5.74) is 1.92. The lowest BCUT2D eigenvalue weighted by Gasteiger charge is -2.27. The number of carbonyl (C=O) groups excluding carboxylic acids is 3. The molecule has 0 atom stereocenters. The Morgan fingerprint density at radius 3 is 2.50 bits per heavy atom. The first-order valence-corrected chi connectivity index (χ1v) is 11.7. The predicted octanol–water partition coefficient (Wildman–Crippen LogP) is 5.35. The first-order chi connectivity index (χ1) is 17.1. The van der Waals surface area contributed by atoms with Crippen molar-refractivity contribution in [1.29, 1.82) is 0 Å². The van der Waals surface area contributed by atoms with Crippen molar-refractivity contribution in [2.75, 3.05) is 4.90 Å². The number of imide groups is 2. The molecule has 0 saturated carbocycles. The van der Waals surface area contributed by atoms with Crippen molar-refractivity contribution in [3.8, 4) is 5.75 Å². The first-order valence-electron chi connectivity index (χ1n) is 10.6. The van der Waals surface area contributed by atoms with Crippen LogP contribution >= 0.6 is 27.5 Å². The molecule has 10 heteroatoms. The summed E-state index contributed by atoms with van der Waals surface area (Å²) in [5.74, 6) is -2.29. The van der Waals surface area contributed by atoms with E-state index in [4.69, 9.17) is 21.4 Å². The number of halogens is 2. The molecule has 8 nitrogen and oxygen atoms in total. The number of aromatic carboxylic acids is 1. The van der Waals surface area contributed by atoms with Crippen molar-refractivity contribution < 1.29 is 29.0 Å². The van der Waals surface area contributed by atoms with Gasteiger partial charge in [-0.15, -0.1) is 0 Å². The normalized spacial score (nSPS) is 14.7. The largest absolute Gasteiger partial charge is 0.488 e. The summed E-state index contributed by atoms with van der Waals surface area (Å²) in [6, 6.07) is 15.2. The van der Waals surface area contributed by atoms with Crippen LogP contribution in [0, 0.1) is 6.92 Å². The number of anilines is 1. The van der Waals surface area contributed by atoms with Gasteiger partial charge in [0.05, 0.1) is 11.3 Å². The van der Waals surface area contributed by atoms with Crippen molar-refractivity contribution >= 4 is 63.1 Å². The number of aryl methyl sites for hydroxylation is 1. The number of nitrogens with zero attached hydrogens (tertiary/aromatic N) is 1. The highest BCUT2D eigenvalue weighted by Crippen LogP contribution is 2.30. The van der Waals surface area contributed by atoms with Crippen LogP contribution in [0.15, 0.2) is 70.7 Å². The van der Waals surface area contributed by atoms with E-state index in [9.17, 15) is 19.2 Å². The second-order valence-electron chi connectivity index (χ2n) is 7.86. The zero-order valence-electron chi connectivity index (χ0n) is 18.7. The van der Waals surface area contributed by atoms with E-state index >= 15 is 0 Å². The van der Waals surface area contributed by atoms with Gasteiger partial charge in [-0.05, 0) is 66.6 Å². The van der Waals surface area contributed by atoms with Gasteiger partial charge in [-0.2, -0.15) is 0 Å². The molecule has 0 unspecified atom stereocenters. The zero-order valence-corrected chi connectivity index (χ0v) is 21.1. The van der Waals surface area contributed by atoms with Gasteiger partial charge in [0.15, 0.2) is 0 Å². The van der Waals surface area contributed by atoms with Crippen molar-refractivity contribution in [3.63, 3.8) is 0 Å². The molecular weight excluding hydrogens is 552 g/mol. The summed E-state index contributed by atoms with van der Waals surface area (Å²) in [7, 11) is 0. The molecule has 0 bridgehead atoms. The van der Waals surface area contributed by atoms with Crippen molar-refractivity contribution in [3.05, 3.63) is 98.0 Å². The molecule has 0 aliphatic carbocycles. The number of nitrogens with one attached hydrogen (secondary N) is 1. The van der Waals surface area contributed by atoms with Crippen LogP contribution in [0.2, 0.25) is 5.02 Å². The Morgan fingerprint density at radius 1 is 1.08 bits per heavy atom. The van der Waals surface area contributed by atoms with Gasteiger partial charge < -0.3 is 9.84 Å². The van der Waals surface area contributed by atoms with Crippen LogP contribution in [0.4, 0.5) is 10.5 Å². The van der Waals surface area contributed by atoms with E-state index in [2.05, 4.69) is 21.2 Å². The van der Waals surface area contributed by atoms with E-state index in [1.165, 1.54) is 24.3 Å². The minimum absolute atomic E-state index is 0.115. The number of urea groups is 1. The monoisotopic (exact) mass is 568 g/mol. The number of barbiturate groups is 1. The lowest BCUT2D eigenvalue weighted by Crippen LogP contribution is -2.54. The van der Waals surface area contributed by atoms with Gasteiger partial charge >= 0.3 is 12.0 Å². The Morgan fingerprint density at radius 2 is 1.81 bits per heavy atom. The van der Waals surface area contributed by atoms with Gasteiger partial charge in [-0.1, -0.05) is 45.7 Å². The molecule has 3 aromatic rings. The maximum atomic E-state index is 13.3. The third-order valence-electron chi connectivity index (χ3n) is 5.38. The van der Waals surface area contributed by atoms with E-state index in [0.717, 1.165) is 10.5 Å². The molecule has 4 amide bonds. The maximum absolute atomic E-state index is 13.3. The Kier molecular flexibility index (Phi) is 7.23. The Bertz CT molecular complexity index is 1430. The molecule has 2 N–H and O–H groups in total. The molecule has 0 spiro atoms. The number of carboxylic acid groups (broad SMARTS) is 1. The predicted molar refractivity (Wildman–Crippen MR) is 137 cm³/mol. The van der Waals surface area contributed by atoms with Gasteiger partial charge in [0.2, 0.25) is 0 Å². The fraction of sp³-hybridized carbons (Fsp3) is 0.0769. The van der Waals surface area contributed by atoms with Gasteiger partial charge in [0.25, 0.3) is 11.8 Å². The summed E-state index contributed by atoms with van der Waals surface area (Å²) in [5, 5.41) is 11.6. The Balaban J connectivity index is 1.66. The van der Waals surface area contributed by atoms with Crippen LogP contribution in [0.5, 0.6) is 5.75 Å². The van der Waals surface area contributed by atoms with E-state index < -0.39 is 23.8 Å². The number of rotatable bonds is 6. The standard InChI is InChI=1S/C26H18BrClN2O6/c1-14-2-8-19(28)12-21(14)30-24(32)20(23(31)29-26(30)35)11-17-10-18(27)7-9-22(17)36-13-15-3-5-16(6-4-15)25(33)34/h2-12H,13H2,1H3,(H,33,34)(H,29,31,35)/b20-11+. The second kappa shape index (κ2) is 10.3. The Labute approximate surface area is 219 Å². The third-order valence-corrected chi connectivity index (χ3v) is 6.11. The highest BCUT2D eigenvalue weighted by atomic mass is 79.9. The molecule has 4 rings (SSSR count). The highest BCUT2D eigenvalue weighted by Gasteiger charge is 2.37. The molecule has 36 heavy (non-hydrogen) atoms. The van der Waals surface area contributed by atoms with Gasteiger partial charge in [0.1, 0.15) is 17.9 Å². The maximum Gasteiger partial charge on any atom is 0.335 e. The SMILES string of the molecule is Cc1ccc(Cl)cc1N1C(=O)NC(=O)/C(=C\c2cc(Br)ccc2OCc2ccc(C(=O)O)cc2)C1=O. The van der Waals surface area contributed by atoms with Crippen LogP contribution in [0.3, 0.4) is 0 Å². The number of amides is 4. The smallest absolute Gasteiger partial charge is 0.335 e. The lowest BCUT2D eigenvalue weighted by atomic mass is 10.0. The number of hydrogen-bond donors (Lipinski definition) is 2. The van der Waals surface area contributed by atoms with Crippen molar-refractivity contribution in [2.24, 2.45) is 0 Å². The highest BCUT2D eigenvalue weighted by molar-refractivity contribution is 9.10. The number of benzene rings is 3. The molecule has 1 aliphatic rings. The summed E-state index contributed by atoms with van der Waals surface area (Å²) < 4.78 is 6.58. The molecule has 1 aliphatic heterocycles. The molecule has 1 fully saturated rings. The van der Waals surface area contributed by atoms with Gasteiger partial charge in [-0.25, -0.2) is 14.5 Å². The topological polar surface area (TPSA) is 113 Å². The summed E-state index contributed by atoms with van der Waals surface area (Å²) in [6.45, 7) is 1.83. The quantitative estimate of drug-likeness (QED) is 0.305. The van der Waals surface area contributed by atoms with Crippen LogP contribution in [0.1, 0.15) is 27.0 Å². The number of carbonyl (C=O) groups is 4. The van der Waals surface area contributed by atoms with E-state index in [1.54, 1.807) is 49.4 Å². The van der Waals surface area contributed by atoms with E-state index in [0.29, 0.717) is 26.4 Å². The second-order valence-corrected chi connectivity index (χ2v) is 9.21. The first kappa shape index (κ1) is 25.2. The summed E-state index contributed by atoms with van der Waals surface area (Å²) in [6.07, 6.45) is 1.35. The summed E-state index contributed by atoms with van der Waals surface area (Å²) in [4.78, 5) is 50.4. The average molecular weight is 570 g/mol. The average Bonchev–Trinajstić information content (AvgIpc) is 2.83. The van der Waals surface area contributed by atoms with E-state index in [-0.39, 0.29) is 23.4 Å². The molecule has 3 aromatic carbocycles. The summed E-state index contributed by atoms with van der Waals surface area (Å²) >= 11 is 9.45. The molecule has 1 saturated heterocycles. The molecular formula is C26H18BrClN2O6. The van der Waals surface area contributed by atoms with Crippen molar-refractivity contribution in [2.45, 2.75) is 13.5 Å². The lowest BCUT2D eigenvalue weighted by molar-refractivity contribution is -0.122. The minimum Gasteiger partial charge on any atom is -0.488 e. The molecule has 182 valence electrons. The fourth-order valence-corrected chi connectivity index (χ4v) is 4.07. The minimum atomic E-state index is -1.03. The molecule has 1 heterocycles. The van der Waals surface area contributed by atoms with Gasteiger partial charge in [0, 0.05) is 15.1 Å². The Hall–Kier alpha value is -3.95. The van der Waals surface area contributed by atoms with Gasteiger partial charge in [-0.3, -0.25) is 14.9 Å². The fourth-order valence-electron chi connectivity index (χ4n) is 3.52. The number of ether oxygens (including phenoxy) is 1. The number of hydrogen-bond acceptors (Lipinski definition) is 5. The third kappa shape index (κ3) is 5.32. The van der Waals surface area contributed by atoms with E-state index in [1.807, 2.05) is 0 Å². The number of carboxylic acids is 1.